The van der Waals surface area contributed by atoms with Crippen LogP contribution in [0.1, 0.15) is 23.7 Å². The van der Waals surface area contributed by atoms with E-state index in [0.717, 1.165) is 5.75 Å². The van der Waals surface area contributed by atoms with E-state index in [1.807, 2.05) is 6.92 Å². The van der Waals surface area contributed by atoms with Gasteiger partial charge in [0.05, 0.1) is 26.2 Å². The lowest BCUT2D eigenvalue weighted by molar-refractivity contribution is -0.138. The Hall–Kier alpha value is -1.89. The Kier molecular flexibility index (Phi) is 6.15. The number of thioether (sulfide) groups is 1. The first-order valence-electron chi connectivity index (χ1n) is 7.48. The van der Waals surface area contributed by atoms with Crippen LogP contribution in [0.5, 0.6) is 11.5 Å². The summed E-state index contributed by atoms with van der Waals surface area (Å²) in [7, 11) is 1.52. The van der Waals surface area contributed by atoms with E-state index in [2.05, 4.69) is 0 Å². The third-order valence-corrected chi connectivity index (χ3v) is 4.70. The Balaban J connectivity index is 2.22. The van der Waals surface area contributed by atoms with E-state index in [1.54, 1.807) is 34.9 Å². The molecular weight excluding hydrogens is 318 g/mol. The molecule has 7 heteroatoms. The van der Waals surface area contributed by atoms with Gasteiger partial charge in [-0.2, -0.15) is 11.8 Å². The molecule has 1 heterocycles. The number of rotatable bonds is 6. The highest BCUT2D eigenvalue weighted by molar-refractivity contribution is 7.99. The number of benzene rings is 1. The van der Waals surface area contributed by atoms with E-state index in [4.69, 9.17) is 14.6 Å². The molecular formula is C16H21NO5S. The highest BCUT2D eigenvalue weighted by Gasteiger charge is 2.29. The van der Waals surface area contributed by atoms with Gasteiger partial charge in [-0.1, -0.05) is 0 Å². The molecule has 1 unspecified atom stereocenters. The van der Waals surface area contributed by atoms with Gasteiger partial charge in [0.1, 0.15) is 0 Å². The number of nitrogens with zero attached hydrogens (tertiary/aromatic N) is 1. The van der Waals surface area contributed by atoms with Gasteiger partial charge in [-0.3, -0.25) is 9.59 Å². The third-order valence-electron chi connectivity index (χ3n) is 3.61. The second kappa shape index (κ2) is 8.10. The average Bonchev–Trinajstić information content (AvgIpc) is 2.55. The number of carboxylic acid groups (broad SMARTS) is 1. The smallest absolute Gasteiger partial charge is 0.305 e. The lowest BCUT2D eigenvalue weighted by atomic mass is 10.1. The number of ether oxygens (including phenoxy) is 2. The van der Waals surface area contributed by atoms with Crippen molar-refractivity contribution in [1.29, 1.82) is 0 Å². The fourth-order valence-corrected chi connectivity index (χ4v) is 3.60. The molecule has 0 bridgehead atoms. The molecule has 23 heavy (non-hydrogen) atoms. The van der Waals surface area contributed by atoms with Gasteiger partial charge in [0.2, 0.25) is 0 Å². The summed E-state index contributed by atoms with van der Waals surface area (Å²) in [6, 6.07) is 4.76. The normalized spacial score (nSPS) is 17.7. The third kappa shape index (κ3) is 4.31. The molecule has 1 aliphatic rings. The number of hydrogen-bond donors (Lipinski definition) is 1. The van der Waals surface area contributed by atoms with E-state index in [0.29, 0.717) is 36.0 Å². The molecule has 0 saturated carbocycles. The second-order valence-corrected chi connectivity index (χ2v) is 6.27. The van der Waals surface area contributed by atoms with Crippen molar-refractivity contribution in [3.63, 3.8) is 0 Å². The summed E-state index contributed by atoms with van der Waals surface area (Å²) in [6.07, 6.45) is -0.0348. The Labute approximate surface area is 139 Å². The maximum atomic E-state index is 12.8. The van der Waals surface area contributed by atoms with Crippen molar-refractivity contribution in [2.45, 2.75) is 19.4 Å². The predicted octanol–water partition coefficient (Wildman–Crippen LogP) is 2.13. The van der Waals surface area contributed by atoms with Crippen LogP contribution in [0.15, 0.2) is 18.2 Å². The first kappa shape index (κ1) is 17.5. The van der Waals surface area contributed by atoms with Crippen LogP contribution in [0, 0.1) is 0 Å². The van der Waals surface area contributed by atoms with Gasteiger partial charge in [0, 0.05) is 23.6 Å². The van der Waals surface area contributed by atoms with Crippen LogP contribution in [-0.2, 0) is 4.79 Å². The number of carboxylic acids is 1. The Morgan fingerprint density at radius 3 is 2.83 bits per heavy atom. The Morgan fingerprint density at radius 1 is 1.39 bits per heavy atom. The molecule has 1 atom stereocenters. The number of carbonyl (C=O) groups excluding carboxylic acids is 1. The summed E-state index contributed by atoms with van der Waals surface area (Å²) >= 11 is 1.68. The fraction of sp³-hybridized carbons (Fsp3) is 0.500. The van der Waals surface area contributed by atoms with Gasteiger partial charge in [-0.05, 0) is 25.1 Å². The van der Waals surface area contributed by atoms with Crippen molar-refractivity contribution >= 4 is 23.6 Å². The monoisotopic (exact) mass is 339 g/mol. The van der Waals surface area contributed by atoms with Gasteiger partial charge in [-0.15, -0.1) is 0 Å². The van der Waals surface area contributed by atoms with Crippen LogP contribution < -0.4 is 9.47 Å². The molecule has 1 aromatic carbocycles. The molecule has 1 N–H and O–H groups in total. The standard InChI is InChI=1S/C16H21NO5S/c1-3-22-13-5-4-11(8-14(13)21-2)16(20)17-6-7-23-10-12(17)9-15(18)19/h4-5,8,12H,3,6-7,9-10H2,1-2H3,(H,18,19). The maximum Gasteiger partial charge on any atom is 0.305 e. The van der Waals surface area contributed by atoms with Crippen LogP contribution in [0.3, 0.4) is 0 Å². The average molecular weight is 339 g/mol. The minimum absolute atomic E-state index is 0.0348. The summed E-state index contributed by atoms with van der Waals surface area (Å²) < 4.78 is 10.7. The zero-order valence-electron chi connectivity index (χ0n) is 13.3. The van der Waals surface area contributed by atoms with Gasteiger partial charge < -0.3 is 19.5 Å². The molecule has 1 aromatic rings. The SMILES string of the molecule is CCOc1ccc(C(=O)N2CCSCC2CC(=O)O)cc1OC. The highest BCUT2D eigenvalue weighted by Crippen LogP contribution is 2.29. The molecule has 2 rings (SSSR count). The lowest BCUT2D eigenvalue weighted by Gasteiger charge is -2.34. The first-order chi connectivity index (χ1) is 11.1. The molecule has 6 nitrogen and oxygen atoms in total. The van der Waals surface area contributed by atoms with Gasteiger partial charge in [0.25, 0.3) is 5.91 Å². The van der Waals surface area contributed by atoms with Crippen molar-refractivity contribution in [2.75, 3.05) is 31.8 Å². The van der Waals surface area contributed by atoms with Crippen molar-refractivity contribution in [2.24, 2.45) is 0 Å². The van der Waals surface area contributed by atoms with Crippen molar-refractivity contribution in [3.8, 4) is 11.5 Å². The molecule has 126 valence electrons. The maximum absolute atomic E-state index is 12.8. The minimum Gasteiger partial charge on any atom is -0.493 e. The van der Waals surface area contributed by atoms with Crippen LogP contribution >= 0.6 is 11.8 Å². The van der Waals surface area contributed by atoms with Crippen molar-refractivity contribution in [1.82, 2.24) is 4.90 Å². The number of carbonyl (C=O) groups is 2. The van der Waals surface area contributed by atoms with E-state index < -0.39 is 5.97 Å². The fourth-order valence-electron chi connectivity index (χ4n) is 2.53. The number of amides is 1. The molecule has 1 amide bonds. The van der Waals surface area contributed by atoms with Crippen LogP contribution in [0.25, 0.3) is 0 Å². The molecule has 1 aliphatic heterocycles. The molecule has 0 spiro atoms. The summed E-state index contributed by atoms with van der Waals surface area (Å²) in [5.74, 6) is 1.49. The Bertz CT molecular complexity index is 578. The van der Waals surface area contributed by atoms with Gasteiger partial charge in [0.15, 0.2) is 11.5 Å². The van der Waals surface area contributed by atoms with E-state index in [-0.39, 0.29) is 18.4 Å². The summed E-state index contributed by atoms with van der Waals surface area (Å²) in [6.45, 7) is 2.94. The molecule has 1 fully saturated rings. The lowest BCUT2D eigenvalue weighted by Crippen LogP contribution is -2.47. The quantitative estimate of drug-likeness (QED) is 0.856. The first-order valence-corrected chi connectivity index (χ1v) is 8.63. The summed E-state index contributed by atoms with van der Waals surface area (Å²) in [5, 5.41) is 9.03. The van der Waals surface area contributed by atoms with Crippen molar-refractivity contribution in [3.05, 3.63) is 23.8 Å². The zero-order chi connectivity index (χ0) is 16.8. The summed E-state index contributed by atoms with van der Waals surface area (Å²) in [5.41, 5.74) is 0.479. The molecule has 0 aliphatic carbocycles. The van der Waals surface area contributed by atoms with Crippen molar-refractivity contribution < 1.29 is 24.2 Å². The molecule has 0 radical (unpaired) electrons. The predicted molar refractivity (Wildman–Crippen MR) is 88.6 cm³/mol. The topological polar surface area (TPSA) is 76.1 Å². The van der Waals surface area contributed by atoms with Crippen LogP contribution in [-0.4, -0.2) is 59.7 Å². The van der Waals surface area contributed by atoms with E-state index in [1.165, 1.54) is 7.11 Å². The minimum atomic E-state index is -0.889. The molecule has 0 aromatic heterocycles. The zero-order valence-corrected chi connectivity index (χ0v) is 14.1. The number of hydrogen-bond acceptors (Lipinski definition) is 5. The molecule has 1 saturated heterocycles. The largest absolute Gasteiger partial charge is 0.493 e. The highest BCUT2D eigenvalue weighted by atomic mass is 32.2. The summed E-state index contributed by atoms with van der Waals surface area (Å²) in [4.78, 5) is 25.4. The van der Waals surface area contributed by atoms with Gasteiger partial charge in [-0.25, -0.2) is 0 Å². The van der Waals surface area contributed by atoms with E-state index in [9.17, 15) is 9.59 Å². The number of methoxy groups -OCH3 is 1. The van der Waals surface area contributed by atoms with Crippen LogP contribution in [0.4, 0.5) is 0 Å². The number of aliphatic carboxylic acids is 1. The van der Waals surface area contributed by atoms with E-state index >= 15 is 0 Å². The second-order valence-electron chi connectivity index (χ2n) is 5.12. The van der Waals surface area contributed by atoms with Gasteiger partial charge >= 0.3 is 5.97 Å². The Morgan fingerprint density at radius 2 is 2.17 bits per heavy atom. The van der Waals surface area contributed by atoms with Crippen LogP contribution in [0.2, 0.25) is 0 Å².